The molecule has 9 nitrogen and oxygen atoms in total. The molecule has 1 aliphatic heterocycles. The molecule has 0 unspecified atom stereocenters. The summed E-state index contributed by atoms with van der Waals surface area (Å²) >= 11 is 7.52. The molecule has 1 aliphatic rings. The SMILES string of the molecule is CCOC(=O)c1cnc2ccc(/C=C3/SC(=Nc4cc(NC(=O)C(C)C)ccc4Cl)NC3=O)cc2c1-c1ccncc1. The Morgan fingerprint density at radius 3 is 2.67 bits per heavy atom. The summed E-state index contributed by atoms with van der Waals surface area (Å²) in [4.78, 5) is 51.3. The smallest absolute Gasteiger partial charge is 0.340 e. The van der Waals surface area contributed by atoms with Crippen molar-refractivity contribution < 1.29 is 19.1 Å². The van der Waals surface area contributed by atoms with Crippen LogP contribution in [0.25, 0.3) is 28.1 Å². The number of hydrogen-bond donors (Lipinski definition) is 2. The summed E-state index contributed by atoms with van der Waals surface area (Å²) in [6, 6.07) is 14.2. The molecule has 0 radical (unpaired) electrons. The van der Waals surface area contributed by atoms with Crippen molar-refractivity contribution in [1.29, 1.82) is 0 Å². The van der Waals surface area contributed by atoms with Gasteiger partial charge < -0.3 is 15.4 Å². The first-order valence-corrected chi connectivity index (χ1v) is 14.3. The number of esters is 1. The quantitative estimate of drug-likeness (QED) is 0.181. The standard InChI is InChI=1S/C31H26ClN5O4S/c1-4-41-30(40)22-16-34-24-8-5-18(13-21(24)27(22)19-9-11-33-12-10-19)14-26-29(39)37-31(42-26)36-25-15-20(6-7-23(25)32)35-28(38)17(2)3/h5-17H,4H2,1-3H3,(H,35,38)(H,36,37,39)/b26-14+. The largest absolute Gasteiger partial charge is 0.462 e. The molecule has 2 aromatic carbocycles. The van der Waals surface area contributed by atoms with Crippen LogP contribution in [-0.4, -0.2) is 39.5 Å². The number of ether oxygens (including phenoxy) is 1. The van der Waals surface area contributed by atoms with Gasteiger partial charge in [-0.2, -0.15) is 0 Å². The van der Waals surface area contributed by atoms with Crippen LogP contribution >= 0.6 is 23.4 Å². The van der Waals surface area contributed by atoms with E-state index in [1.165, 1.54) is 18.0 Å². The highest BCUT2D eigenvalue weighted by Gasteiger charge is 2.25. The van der Waals surface area contributed by atoms with Crippen molar-refractivity contribution in [2.24, 2.45) is 10.9 Å². The van der Waals surface area contributed by atoms with Gasteiger partial charge in [-0.3, -0.25) is 19.6 Å². The van der Waals surface area contributed by atoms with E-state index in [4.69, 9.17) is 16.3 Å². The zero-order chi connectivity index (χ0) is 29.8. The highest BCUT2D eigenvalue weighted by molar-refractivity contribution is 8.18. The van der Waals surface area contributed by atoms with Crippen LogP contribution in [0, 0.1) is 5.92 Å². The summed E-state index contributed by atoms with van der Waals surface area (Å²) in [6.45, 7) is 5.59. The fourth-order valence-electron chi connectivity index (χ4n) is 4.20. The van der Waals surface area contributed by atoms with Gasteiger partial charge in [0.2, 0.25) is 5.91 Å². The van der Waals surface area contributed by atoms with Crippen LogP contribution in [0.2, 0.25) is 5.02 Å². The molecule has 0 spiro atoms. The number of fused-ring (bicyclic) bond motifs is 1. The molecule has 0 bridgehead atoms. The minimum Gasteiger partial charge on any atom is -0.462 e. The highest BCUT2D eigenvalue weighted by atomic mass is 35.5. The maximum Gasteiger partial charge on any atom is 0.340 e. The van der Waals surface area contributed by atoms with Crippen molar-refractivity contribution in [2.75, 3.05) is 11.9 Å². The van der Waals surface area contributed by atoms with E-state index in [0.717, 1.165) is 16.5 Å². The number of anilines is 1. The van der Waals surface area contributed by atoms with E-state index < -0.39 is 5.97 Å². The van der Waals surface area contributed by atoms with E-state index in [-0.39, 0.29) is 24.3 Å². The molecule has 5 rings (SSSR count). The molecular formula is C31H26ClN5O4S. The Morgan fingerprint density at radius 1 is 1.14 bits per heavy atom. The molecule has 0 atom stereocenters. The summed E-state index contributed by atoms with van der Waals surface area (Å²) in [5.74, 6) is -1.10. The number of nitrogens with zero attached hydrogens (tertiary/aromatic N) is 3. The first kappa shape index (κ1) is 29.0. The number of thioether (sulfide) groups is 1. The zero-order valence-corrected chi connectivity index (χ0v) is 24.5. The molecule has 42 heavy (non-hydrogen) atoms. The number of aromatic nitrogens is 2. The van der Waals surface area contributed by atoms with E-state index in [1.54, 1.807) is 57.4 Å². The van der Waals surface area contributed by atoms with Gasteiger partial charge in [-0.15, -0.1) is 0 Å². The van der Waals surface area contributed by atoms with Crippen molar-refractivity contribution in [3.05, 3.63) is 88.2 Å². The van der Waals surface area contributed by atoms with Gasteiger partial charge in [0.15, 0.2) is 5.17 Å². The lowest BCUT2D eigenvalue weighted by molar-refractivity contribution is -0.119. The molecule has 2 amide bonds. The zero-order valence-electron chi connectivity index (χ0n) is 23.0. The Labute approximate surface area is 251 Å². The van der Waals surface area contributed by atoms with Crippen LogP contribution in [0.3, 0.4) is 0 Å². The Morgan fingerprint density at radius 2 is 1.93 bits per heavy atom. The summed E-state index contributed by atoms with van der Waals surface area (Å²) in [5, 5.41) is 7.05. The average Bonchev–Trinajstić information content (AvgIpc) is 3.32. The maximum absolute atomic E-state index is 12.9. The van der Waals surface area contributed by atoms with Gasteiger partial charge in [0.05, 0.1) is 33.3 Å². The van der Waals surface area contributed by atoms with Gasteiger partial charge in [0, 0.05) is 41.1 Å². The number of rotatable bonds is 7. The van der Waals surface area contributed by atoms with Gasteiger partial charge in [0.25, 0.3) is 5.91 Å². The topological polar surface area (TPSA) is 123 Å². The van der Waals surface area contributed by atoms with E-state index in [0.29, 0.717) is 43.1 Å². The molecule has 4 aromatic rings. The third kappa shape index (κ3) is 6.35. The second-order valence-corrected chi connectivity index (χ2v) is 11.0. The summed E-state index contributed by atoms with van der Waals surface area (Å²) < 4.78 is 5.29. The lowest BCUT2D eigenvalue weighted by atomic mass is 9.96. The van der Waals surface area contributed by atoms with Crippen LogP contribution in [0.15, 0.2) is 77.0 Å². The third-order valence-corrected chi connectivity index (χ3v) is 7.49. The molecule has 11 heteroatoms. The van der Waals surface area contributed by atoms with Crippen molar-refractivity contribution in [2.45, 2.75) is 20.8 Å². The molecule has 212 valence electrons. The number of amidine groups is 1. The number of carbonyl (C=O) groups is 3. The first-order chi connectivity index (χ1) is 20.2. The van der Waals surface area contributed by atoms with Crippen molar-refractivity contribution >= 4 is 74.7 Å². The molecule has 2 aromatic heterocycles. The van der Waals surface area contributed by atoms with E-state index in [2.05, 4.69) is 25.6 Å². The minimum absolute atomic E-state index is 0.128. The van der Waals surface area contributed by atoms with Crippen molar-refractivity contribution in [3.63, 3.8) is 0 Å². The highest BCUT2D eigenvalue weighted by Crippen LogP contribution is 2.35. The Hall–Kier alpha value is -4.54. The Bertz CT molecular complexity index is 1770. The van der Waals surface area contributed by atoms with Crippen molar-refractivity contribution in [3.8, 4) is 11.1 Å². The Balaban J connectivity index is 1.49. The van der Waals surface area contributed by atoms with Gasteiger partial charge in [-0.1, -0.05) is 31.5 Å². The van der Waals surface area contributed by atoms with Crippen LogP contribution in [0.1, 0.15) is 36.7 Å². The summed E-state index contributed by atoms with van der Waals surface area (Å²) in [5.41, 5.74) is 4.18. The average molecular weight is 600 g/mol. The molecule has 0 saturated carbocycles. The van der Waals surface area contributed by atoms with E-state index in [9.17, 15) is 14.4 Å². The molecular weight excluding hydrogens is 574 g/mol. The lowest BCUT2D eigenvalue weighted by Gasteiger charge is -2.13. The number of halogens is 1. The van der Waals surface area contributed by atoms with Gasteiger partial charge in [-0.05, 0) is 78.4 Å². The monoisotopic (exact) mass is 599 g/mol. The van der Waals surface area contributed by atoms with E-state index in [1.807, 2.05) is 30.3 Å². The molecule has 1 fully saturated rings. The normalized spacial score (nSPS) is 14.9. The third-order valence-electron chi connectivity index (χ3n) is 6.27. The second kappa shape index (κ2) is 12.5. The lowest BCUT2D eigenvalue weighted by Crippen LogP contribution is -2.19. The van der Waals surface area contributed by atoms with Crippen LogP contribution in [-0.2, 0) is 14.3 Å². The maximum atomic E-state index is 12.9. The predicted molar refractivity (Wildman–Crippen MR) is 167 cm³/mol. The van der Waals surface area contributed by atoms with Crippen LogP contribution in [0.4, 0.5) is 11.4 Å². The molecule has 3 heterocycles. The fourth-order valence-corrected chi connectivity index (χ4v) is 5.19. The number of carbonyl (C=O) groups excluding carboxylic acids is 3. The Kier molecular flexibility index (Phi) is 8.65. The fraction of sp³-hybridized carbons (Fsp3) is 0.161. The van der Waals surface area contributed by atoms with Gasteiger partial charge >= 0.3 is 5.97 Å². The summed E-state index contributed by atoms with van der Waals surface area (Å²) in [6.07, 6.45) is 6.58. The first-order valence-electron chi connectivity index (χ1n) is 13.1. The van der Waals surface area contributed by atoms with Crippen LogP contribution in [0.5, 0.6) is 0 Å². The van der Waals surface area contributed by atoms with Gasteiger partial charge in [-0.25, -0.2) is 9.79 Å². The number of pyridine rings is 2. The number of amides is 2. The predicted octanol–water partition coefficient (Wildman–Crippen LogP) is 6.61. The number of aliphatic imine (C=N–C) groups is 1. The van der Waals surface area contributed by atoms with Gasteiger partial charge in [0.1, 0.15) is 0 Å². The second-order valence-electron chi connectivity index (χ2n) is 9.57. The minimum atomic E-state index is -0.472. The van der Waals surface area contributed by atoms with E-state index >= 15 is 0 Å². The molecule has 1 saturated heterocycles. The number of nitrogens with one attached hydrogen (secondary N) is 2. The van der Waals surface area contributed by atoms with Crippen LogP contribution < -0.4 is 10.6 Å². The van der Waals surface area contributed by atoms with Crippen molar-refractivity contribution in [1.82, 2.24) is 15.3 Å². The molecule has 0 aliphatic carbocycles. The molecule has 2 N–H and O–H groups in total. The number of benzene rings is 2. The number of hydrogen-bond acceptors (Lipinski definition) is 8. The summed E-state index contributed by atoms with van der Waals surface area (Å²) in [7, 11) is 0.